The molecule has 0 spiro atoms. The van der Waals surface area contributed by atoms with Crippen LogP contribution in [0.5, 0.6) is 5.75 Å². The minimum Gasteiger partial charge on any atom is -0.494 e. The highest BCUT2D eigenvalue weighted by molar-refractivity contribution is 5.87. The van der Waals surface area contributed by atoms with Crippen molar-refractivity contribution in [2.24, 2.45) is 5.92 Å². The van der Waals surface area contributed by atoms with Crippen LogP contribution in [-0.2, 0) is 20.9 Å². The van der Waals surface area contributed by atoms with E-state index in [4.69, 9.17) is 14.8 Å². The molecule has 10 nitrogen and oxygen atoms in total. The quantitative estimate of drug-likeness (QED) is 0.391. The van der Waals surface area contributed by atoms with Crippen molar-refractivity contribution in [3.05, 3.63) is 66.5 Å². The van der Waals surface area contributed by atoms with E-state index in [2.05, 4.69) is 10.6 Å². The number of carbonyl (C=O) groups is 3. The molecule has 4 rings (SSSR count). The summed E-state index contributed by atoms with van der Waals surface area (Å²) in [6.07, 6.45) is 2.15. The molecule has 224 valence electrons. The summed E-state index contributed by atoms with van der Waals surface area (Å²) in [5, 5.41) is 10.7. The van der Waals surface area contributed by atoms with Crippen molar-refractivity contribution in [3.63, 3.8) is 0 Å². The van der Waals surface area contributed by atoms with Crippen LogP contribution in [0.2, 0.25) is 0 Å². The first-order valence-corrected chi connectivity index (χ1v) is 14.9. The van der Waals surface area contributed by atoms with Crippen LogP contribution in [0.25, 0.3) is 11.4 Å². The highest BCUT2D eigenvalue weighted by atomic mass is 16.5. The van der Waals surface area contributed by atoms with Gasteiger partial charge in [0, 0.05) is 31.5 Å². The lowest BCUT2D eigenvalue weighted by molar-refractivity contribution is -0.132. The van der Waals surface area contributed by atoms with Crippen molar-refractivity contribution in [1.82, 2.24) is 30.3 Å². The van der Waals surface area contributed by atoms with Gasteiger partial charge in [-0.1, -0.05) is 62.4 Å². The Morgan fingerprint density at radius 3 is 2.43 bits per heavy atom. The number of fused-ring (bicyclic) bond motifs is 1. The van der Waals surface area contributed by atoms with Gasteiger partial charge in [0.2, 0.25) is 17.7 Å². The summed E-state index contributed by atoms with van der Waals surface area (Å²) in [6.45, 7) is 7.58. The molecule has 2 N–H and O–H groups in total. The molecule has 0 unspecified atom stereocenters. The Morgan fingerprint density at radius 2 is 1.71 bits per heavy atom. The molecule has 1 aliphatic rings. The molecule has 1 aliphatic heterocycles. The lowest BCUT2D eigenvalue weighted by Crippen LogP contribution is -2.48. The fourth-order valence-corrected chi connectivity index (χ4v) is 4.99. The molecule has 0 radical (unpaired) electrons. The molecule has 0 saturated carbocycles. The van der Waals surface area contributed by atoms with Gasteiger partial charge in [-0.2, -0.15) is 5.10 Å². The molecule has 3 amide bonds. The highest BCUT2D eigenvalue weighted by Crippen LogP contribution is 2.20. The minimum absolute atomic E-state index is 0.00291. The molecule has 2 heterocycles. The predicted octanol–water partition coefficient (Wildman–Crippen LogP) is 4.13. The number of aromatic nitrogens is 3. The van der Waals surface area contributed by atoms with E-state index in [1.54, 1.807) is 9.58 Å². The summed E-state index contributed by atoms with van der Waals surface area (Å²) in [7, 11) is 0. The van der Waals surface area contributed by atoms with Gasteiger partial charge in [0.05, 0.1) is 19.2 Å². The maximum atomic E-state index is 13.3. The van der Waals surface area contributed by atoms with Gasteiger partial charge >= 0.3 is 0 Å². The number of ether oxygens (including phenoxy) is 1. The molecule has 10 heteroatoms. The van der Waals surface area contributed by atoms with E-state index in [1.165, 1.54) is 0 Å². The van der Waals surface area contributed by atoms with E-state index in [-0.39, 0.29) is 30.1 Å². The first-order chi connectivity index (χ1) is 20.3. The SMILES string of the molecule is CC(C)C[C@H]1NC(=O)CCCN(C(=O)CCCOc2ccccc2)CCn2nc(-c3ccccc3)nc2[C@@H](C)NC1=O. The van der Waals surface area contributed by atoms with Crippen molar-refractivity contribution >= 4 is 17.7 Å². The number of amides is 3. The van der Waals surface area contributed by atoms with E-state index < -0.39 is 12.1 Å². The summed E-state index contributed by atoms with van der Waals surface area (Å²) >= 11 is 0. The van der Waals surface area contributed by atoms with Crippen LogP contribution >= 0.6 is 0 Å². The molecule has 3 aromatic rings. The van der Waals surface area contributed by atoms with Gasteiger partial charge in [-0.05, 0) is 44.2 Å². The molecule has 0 aliphatic carbocycles. The standard InChI is InChI=1S/C32H42N6O4/c1-23(2)22-27-32(41)33-24(3)31-35-30(25-12-6-4-7-13-25)36-38(31)20-19-37(18-10-16-28(39)34-27)29(40)17-11-21-42-26-14-8-5-9-15-26/h4-9,12-15,23-24,27H,10-11,16-22H2,1-3H3,(H,33,41)(H,34,39)/t24-,27-/m1/s1. The van der Waals surface area contributed by atoms with Crippen LogP contribution in [0.3, 0.4) is 0 Å². The summed E-state index contributed by atoms with van der Waals surface area (Å²) in [5.74, 6) is 1.70. The van der Waals surface area contributed by atoms with Crippen LogP contribution in [-0.4, -0.2) is 63.1 Å². The number of nitrogens with zero attached hydrogens (tertiary/aromatic N) is 4. The zero-order valence-corrected chi connectivity index (χ0v) is 24.8. The van der Waals surface area contributed by atoms with Crippen LogP contribution in [0.4, 0.5) is 0 Å². The minimum atomic E-state index is -0.657. The van der Waals surface area contributed by atoms with Crippen molar-refractivity contribution in [1.29, 1.82) is 0 Å². The van der Waals surface area contributed by atoms with E-state index >= 15 is 0 Å². The van der Waals surface area contributed by atoms with E-state index in [0.717, 1.165) is 11.3 Å². The molecule has 0 saturated heterocycles. The lowest BCUT2D eigenvalue weighted by Gasteiger charge is -2.26. The molecule has 2 atom stereocenters. The second-order valence-electron chi connectivity index (χ2n) is 11.1. The van der Waals surface area contributed by atoms with Gasteiger partial charge < -0.3 is 20.3 Å². The monoisotopic (exact) mass is 574 g/mol. The average Bonchev–Trinajstić information content (AvgIpc) is 3.41. The predicted molar refractivity (Wildman–Crippen MR) is 160 cm³/mol. The van der Waals surface area contributed by atoms with Crippen LogP contribution in [0.15, 0.2) is 60.7 Å². The van der Waals surface area contributed by atoms with Crippen molar-refractivity contribution in [2.75, 3.05) is 19.7 Å². The Kier molecular flexibility index (Phi) is 11.1. The first kappa shape index (κ1) is 30.7. The number of hydrogen-bond donors (Lipinski definition) is 2. The number of carbonyl (C=O) groups excluding carboxylic acids is 3. The molecule has 42 heavy (non-hydrogen) atoms. The zero-order valence-electron chi connectivity index (χ0n) is 24.8. The summed E-state index contributed by atoms with van der Waals surface area (Å²) in [5.41, 5.74) is 0.866. The molecular weight excluding hydrogens is 532 g/mol. The number of rotatable bonds is 8. The Balaban J connectivity index is 1.53. The summed E-state index contributed by atoms with van der Waals surface area (Å²) in [4.78, 5) is 46.0. The van der Waals surface area contributed by atoms with E-state index in [0.29, 0.717) is 63.6 Å². The summed E-state index contributed by atoms with van der Waals surface area (Å²) in [6, 6.07) is 18.1. The Morgan fingerprint density at radius 1 is 1.00 bits per heavy atom. The van der Waals surface area contributed by atoms with Gasteiger partial charge in [-0.15, -0.1) is 0 Å². The van der Waals surface area contributed by atoms with E-state index in [1.807, 2.05) is 81.4 Å². The molecule has 0 bridgehead atoms. The Bertz CT molecular complexity index is 1310. The van der Waals surface area contributed by atoms with Gasteiger partial charge in [0.25, 0.3) is 0 Å². The number of nitrogens with one attached hydrogen (secondary N) is 2. The number of benzene rings is 2. The Hall–Kier alpha value is -4.21. The molecule has 0 fully saturated rings. The maximum Gasteiger partial charge on any atom is 0.243 e. The number of para-hydroxylation sites is 1. The lowest BCUT2D eigenvalue weighted by atomic mass is 10.0. The van der Waals surface area contributed by atoms with Crippen molar-refractivity contribution < 1.29 is 19.1 Å². The van der Waals surface area contributed by atoms with Gasteiger partial charge in [-0.3, -0.25) is 14.4 Å². The topological polar surface area (TPSA) is 118 Å². The smallest absolute Gasteiger partial charge is 0.243 e. The average molecular weight is 575 g/mol. The van der Waals surface area contributed by atoms with Crippen LogP contribution in [0, 0.1) is 5.92 Å². The van der Waals surface area contributed by atoms with Gasteiger partial charge in [0.1, 0.15) is 17.6 Å². The normalized spacial score (nSPS) is 18.5. The molecule has 2 aromatic carbocycles. The third-order valence-electron chi connectivity index (χ3n) is 7.15. The Labute approximate surface area is 247 Å². The third kappa shape index (κ3) is 8.89. The third-order valence-corrected chi connectivity index (χ3v) is 7.15. The maximum absolute atomic E-state index is 13.3. The molecular formula is C32H42N6O4. The number of hydrogen-bond acceptors (Lipinski definition) is 6. The summed E-state index contributed by atoms with van der Waals surface area (Å²) < 4.78 is 7.55. The van der Waals surface area contributed by atoms with E-state index in [9.17, 15) is 14.4 Å². The van der Waals surface area contributed by atoms with Gasteiger partial charge in [0.15, 0.2) is 5.82 Å². The second kappa shape index (κ2) is 15.1. The van der Waals surface area contributed by atoms with Gasteiger partial charge in [-0.25, -0.2) is 9.67 Å². The van der Waals surface area contributed by atoms with Crippen molar-refractivity contribution in [3.8, 4) is 17.1 Å². The van der Waals surface area contributed by atoms with Crippen LogP contribution < -0.4 is 15.4 Å². The first-order valence-electron chi connectivity index (χ1n) is 14.9. The fourth-order valence-electron chi connectivity index (χ4n) is 4.99. The zero-order chi connectivity index (χ0) is 29.9. The highest BCUT2D eigenvalue weighted by Gasteiger charge is 2.27. The van der Waals surface area contributed by atoms with Crippen LogP contribution in [0.1, 0.15) is 64.7 Å². The fraction of sp³-hybridized carbons (Fsp3) is 0.469. The second-order valence-corrected chi connectivity index (χ2v) is 11.1. The largest absolute Gasteiger partial charge is 0.494 e. The molecule has 1 aromatic heterocycles. The van der Waals surface area contributed by atoms with Crippen molar-refractivity contribution in [2.45, 2.75) is 71.5 Å².